The molecule has 2 heterocycles. The summed E-state index contributed by atoms with van der Waals surface area (Å²) in [5, 5.41) is 9.42. The Balaban J connectivity index is 1.99. The van der Waals surface area contributed by atoms with Crippen LogP contribution < -0.4 is 4.90 Å². The maximum atomic E-state index is 11.7. The monoisotopic (exact) mass is 310 g/mol. The molecule has 3 rings (SSSR count). The van der Waals surface area contributed by atoms with E-state index in [0.717, 1.165) is 30.5 Å². The number of hydrogen-bond acceptors (Lipinski definition) is 5. The predicted molar refractivity (Wildman–Crippen MR) is 78.7 cm³/mol. The standard InChI is InChI=1S/C14H18N2O4S/c17-14(18)11-9-10-3-1-4-12(10)15-13(11)16-5-2-7-21(19,20)8-6-16/h9H,1-8H2,(H,17,18). The van der Waals surface area contributed by atoms with Crippen LogP contribution in [0.4, 0.5) is 5.82 Å². The van der Waals surface area contributed by atoms with E-state index in [-0.39, 0.29) is 17.1 Å². The number of carboxylic acids is 1. The Hall–Kier alpha value is -1.63. The Morgan fingerprint density at radius 2 is 2.00 bits per heavy atom. The average Bonchev–Trinajstić information content (AvgIpc) is 2.80. The molecule has 0 amide bonds. The van der Waals surface area contributed by atoms with Crippen molar-refractivity contribution in [2.45, 2.75) is 25.7 Å². The number of hydrogen-bond donors (Lipinski definition) is 1. The first-order valence-electron chi connectivity index (χ1n) is 7.18. The highest BCUT2D eigenvalue weighted by atomic mass is 32.2. The lowest BCUT2D eigenvalue weighted by Gasteiger charge is -2.23. The number of rotatable bonds is 2. The molecule has 1 N–H and O–H groups in total. The summed E-state index contributed by atoms with van der Waals surface area (Å²) in [5.41, 5.74) is 2.16. The Labute approximate surface area is 123 Å². The molecule has 1 aliphatic heterocycles. The zero-order valence-corrected chi connectivity index (χ0v) is 12.5. The number of nitrogens with zero attached hydrogens (tertiary/aromatic N) is 2. The summed E-state index contributed by atoms with van der Waals surface area (Å²) in [6.45, 7) is 0.847. The Morgan fingerprint density at radius 3 is 2.76 bits per heavy atom. The van der Waals surface area contributed by atoms with Crippen LogP contribution in [-0.2, 0) is 22.7 Å². The van der Waals surface area contributed by atoms with Gasteiger partial charge in [-0.3, -0.25) is 0 Å². The molecule has 1 aliphatic carbocycles. The van der Waals surface area contributed by atoms with Gasteiger partial charge in [-0.05, 0) is 37.3 Å². The lowest BCUT2D eigenvalue weighted by atomic mass is 10.1. The number of carboxylic acid groups (broad SMARTS) is 1. The van der Waals surface area contributed by atoms with Gasteiger partial charge in [-0.2, -0.15) is 0 Å². The van der Waals surface area contributed by atoms with Gasteiger partial charge < -0.3 is 10.0 Å². The fourth-order valence-corrected chi connectivity index (χ4v) is 4.28. The maximum absolute atomic E-state index is 11.7. The van der Waals surface area contributed by atoms with Gasteiger partial charge in [-0.15, -0.1) is 0 Å². The molecular weight excluding hydrogens is 292 g/mol. The normalized spacial score (nSPS) is 20.9. The van der Waals surface area contributed by atoms with Crippen molar-refractivity contribution in [3.8, 4) is 0 Å². The van der Waals surface area contributed by atoms with Crippen LogP contribution in [0.5, 0.6) is 0 Å². The summed E-state index contributed by atoms with van der Waals surface area (Å²) >= 11 is 0. The average molecular weight is 310 g/mol. The molecule has 0 atom stereocenters. The zero-order valence-electron chi connectivity index (χ0n) is 11.7. The first-order chi connectivity index (χ1) is 9.96. The van der Waals surface area contributed by atoms with E-state index in [4.69, 9.17) is 0 Å². The summed E-state index contributed by atoms with van der Waals surface area (Å²) < 4.78 is 23.4. The van der Waals surface area contributed by atoms with Gasteiger partial charge in [0.1, 0.15) is 11.4 Å². The van der Waals surface area contributed by atoms with Gasteiger partial charge in [-0.1, -0.05) is 0 Å². The molecule has 2 aliphatic rings. The molecule has 0 aromatic carbocycles. The van der Waals surface area contributed by atoms with Crippen LogP contribution in [0.15, 0.2) is 6.07 Å². The number of sulfone groups is 1. The van der Waals surface area contributed by atoms with Crippen LogP contribution in [0, 0.1) is 0 Å². The van der Waals surface area contributed by atoms with Crippen LogP contribution in [-0.4, -0.2) is 49.1 Å². The third-order valence-electron chi connectivity index (χ3n) is 4.12. The summed E-state index contributed by atoms with van der Waals surface area (Å²) in [6.07, 6.45) is 3.25. The fraction of sp³-hybridized carbons (Fsp3) is 0.571. The zero-order chi connectivity index (χ0) is 15.0. The molecule has 0 radical (unpaired) electrons. The van der Waals surface area contributed by atoms with Gasteiger partial charge in [0.15, 0.2) is 9.84 Å². The summed E-state index contributed by atoms with van der Waals surface area (Å²) in [5.74, 6) is -0.346. The van der Waals surface area contributed by atoms with E-state index in [1.54, 1.807) is 6.07 Å². The predicted octanol–water partition coefficient (Wildman–Crippen LogP) is 0.893. The van der Waals surface area contributed by atoms with Gasteiger partial charge in [-0.25, -0.2) is 18.2 Å². The van der Waals surface area contributed by atoms with Crippen molar-refractivity contribution in [2.24, 2.45) is 0 Å². The molecule has 0 bridgehead atoms. The molecule has 21 heavy (non-hydrogen) atoms. The smallest absolute Gasteiger partial charge is 0.339 e. The van der Waals surface area contributed by atoms with Crippen molar-refractivity contribution in [3.05, 3.63) is 22.9 Å². The van der Waals surface area contributed by atoms with Crippen LogP contribution in [0.2, 0.25) is 0 Å². The maximum Gasteiger partial charge on any atom is 0.339 e. The number of carbonyl (C=O) groups is 1. The molecule has 1 fully saturated rings. The number of anilines is 1. The molecule has 0 saturated carbocycles. The molecule has 114 valence electrons. The SMILES string of the molecule is O=C(O)c1cc2c(nc1N1CCCS(=O)(=O)CC1)CCC2. The number of fused-ring (bicyclic) bond motifs is 1. The van der Waals surface area contributed by atoms with E-state index in [1.807, 2.05) is 4.90 Å². The van der Waals surface area contributed by atoms with E-state index in [0.29, 0.717) is 25.3 Å². The van der Waals surface area contributed by atoms with Gasteiger partial charge in [0.2, 0.25) is 0 Å². The van der Waals surface area contributed by atoms with Crippen molar-refractivity contribution in [1.29, 1.82) is 0 Å². The second-order valence-electron chi connectivity index (χ2n) is 5.62. The summed E-state index contributed by atoms with van der Waals surface area (Å²) in [6, 6.07) is 1.71. The van der Waals surface area contributed by atoms with E-state index >= 15 is 0 Å². The van der Waals surface area contributed by atoms with Crippen molar-refractivity contribution in [1.82, 2.24) is 4.98 Å². The van der Waals surface area contributed by atoms with Crippen molar-refractivity contribution >= 4 is 21.6 Å². The van der Waals surface area contributed by atoms with Gasteiger partial charge >= 0.3 is 5.97 Å². The molecule has 1 aromatic rings. The topological polar surface area (TPSA) is 87.6 Å². The second kappa shape index (κ2) is 5.29. The third kappa shape index (κ3) is 2.88. The minimum Gasteiger partial charge on any atom is -0.478 e. The van der Waals surface area contributed by atoms with E-state index in [1.165, 1.54) is 0 Å². The minimum atomic E-state index is -3.02. The lowest BCUT2D eigenvalue weighted by Crippen LogP contribution is -2.29. The van der Waals surface area contributed by atoms with Crippen LogP contribution >= 0.6 is 0 Å². The minimum absolute atomic E-state index is 0.0603. The first kappa shape index (κ1) is 14.3. The van der Waals surface area contributed by atoms with E-state index in [9.17, 15) is 18.3 Å². The Bertz CT molecular complexity index is 684. The highest BCUT2D eigenvalue weighted by Gasteiger charge is 2.26. The number of pyridine rings is 1. The van der Waals surface area contributed by atoms with E-state index in [2.05, 4.69) is 4.98 Å². The quantitative estimate of drug-likeness (QED) is 0.873. The molecule has 1 aromatic heterocycles. The molecule has 0 spiro atoms. The highest BCUT2D eigenvalue weighted by Crippen LogP contribution is 2.28. The molecule has 7 heteroatoms. The number of aryl methyl sites for hydroxylation is 2. The molecule has 6 nitrogen and oxygen atoms in total. The molecular formula is C14H18N2O4S. The van der Waals surface area contributed by atoms with Crippen LogP contribution in [0.3, 0.4) is 0 Å². The Morgan fingerprint density at radius 1 is 1.19 bits per heavy atom. The van der Waals surface area contributed by atoms with Crippen molar-refractivity contribution in [2.75, 3.05) is 29.5 Å². The largest absolute Gasteiger partial charge is 0.478 e. The van der Waals surface area contributed by atoms with E-state index < -0.39 is 15.8 Å². The van der Waals surface area contributed by atoms with Gasteiger partial charge in [0, 0.05) is 18.8 Å². The van der Waals surface area contributed by atoms with Gasteiger partial charge in [0.25, 0.3) is 0 Å². The van der Waals surface area contributed by atoms with Gasteiger partial charge in [0.05, 0.1) is 11.5 Å². The van der Waals surface area contributed by atoms with Crippen LogP contribution in [0.25, 0.3) is 0 Å². The van der Waals surface area contributed by atoms with Crippen LogP contribution in [0.1, 0.15) is 34.5 Å². The van der Waals surface area contributed by atoms with Crippen molar-refractivity contribution < 1.29 is 18.3 Å². The highest BCUT2D eigenvalue weighted by molar-refractivity contribution is 7.91. The number of aromatic carboxylic acids is 1. The summed E-state index contributed by atoms with van der Waals surface area (Å²) in [7, 11) is -3.02. The molecule has 0 unspecified atom stereocenters. The summed E-state index contributed by atoms with van der Waals surface area (Å²) in [4.78, 5) is 17.8. The third-order valence-corrected chi connectivity index (χ3v) is 5.83. The Kier molecular flexibility index (Phi) is 3.61. The molecule has 1 saturated heterocycles. The lowest BCUT2D eigenvalue weighted by molar-refractivity contribution is 0.0697. The second-order valence-corrected chi connectivity index (χ2v) is 7.92. The van der Waals surface area contributed by atoms with Crippen molar-refractivity contribution in [3.63, 3.8) is 0 Å². The first-order valence-corrected chi connectivity index (χ1v) is 9.00. The fourth-order valence-electron chi connectivity index (χ4n) is 3.01. The number of aromatic nitrogens is 1.